The van der Waals surface area contributed by atoms with Crippen molar-refractivity contribution in [3.8, 4) is 0 Å². The Balaban J connectivity index is 2.24. The topological polar surface area (TPSA) is 57.5 Å². The molecule has 0 heterocycles. The quantitative estimate of drug-likeness (QED) is 0.755. The minimum Gasteiger partial charge on any atom is -0.396 e. The van der Waals surface area contributed by atoms with Crippen LogP contribution in [0.25, 0.3) is 0 Å². The fourth-order valence-electron chi connectivity index (χ4n) is 3.77. The lowest BCUT2D eigenvalue weighted by molar-refractivity contribution is -0.136. The lowest BCUT2D eigenvalue weighted by Crippen LogP contribution is -2.49. The smallest absolute Gasteiger partial charge is 0.141 e. The second kappa shape index (κ2) is 5.14. The molecule has 3 heteroatoms. The molecule has 18 heavy (non-hydrogen) atoms. The third-order valence-corrected chi connectivity index (χ3v) is 4.66. The van der Waals surface area contributed by atoms with Gasteiger partial charge in [0.15, 0.2) is 0 Å². The van der Waals surface area contributed by atoms with Crippen LogP contribution < -0.4 is 0 Å². The summed E-state index contributed by atoms with van der Waals surface area (Å²) in [7, 11) is 0. The Hall–Kier alpha value is -0.670. The molecule has 0 saturated heterocycles. The molecular weight excluding hydrogens is 228 g/mol. The third-order valence-electron chi connectivity index (χ3n) is 4.66. The van der Waals surface area contributed by atoms with Crippen LogP contribution in [0.5, 0.6) is 0 Å². The van der Waals surface area contributed by atoms with E-state index in [9.17, 15) is 9.90 Å². The Kier molecular flexibility index (Phi) is 3.93. The van der Waals surface area contributed by atoms with E-state index in [1.807, 2.05) is 0 Å². The van der Waals surface area contributed by atoms with Crippen molar-refractivity contribution < 1.29 is 15.0 Å². The zero-order valence-corrected chi connectivity index (χ0v) is 11.3. The number of allylic oxidation sites excluding steroid dienone is 1. The maximum absolute atomic E-state index is 12.2. The number of Topliss-reactive ketones (excluding diaryl/α,β-unsaturated/α-hetero) is 1. The zero-order valence-electron chi connectivity index (χ0n) is 11.3. The molecule has 3 nitrogen and oxygen atoms in total. The highest BCUT2D eigenvalue weighted by atomic mass is 16.3. The van der Waals surface area contributed by atoms with Crippen molar-refractivity contribution in [1.29, 1.82) is 0 Å². The van der Waals surface area contributed by atoms with E-state index < -0.39 is 5.60 Å². The van der Waals surface area contributed by atoms with E-state index in [0.717, 1.165) is 19.3 Å². The van der Waals surface area contributed by atoms with Crippen LogP contribution in [-0.4, -0.2) is 28.2 Å². The number of aliphatic hydroxyl groups is 2. The summed E-state index contributed by atoms with van der Waals surface area (Å²) < 4.78 is 0. The van der Waals surface area contributed by atoms with E-state index in [0.29, 0.717) is 11.8 Å². The highest BCUT2D eigenvalue weighted by molar-refractivity contribution is 5.83. The lowest BCUT2D eigenvalue weighted by atomic mass is 9.60. The fourth-order valence-corrected chi connectivity index (χ4v) is 3.77. The first-order valence-electron chi connectivity index (χ1n) is 7.01. The summed E-state index contributed by atoms with van der Waals surface area (Å²) in [6, 6.07) is 0. The van der Waals surface area contributed by atoms with Gasteiger partial charge in [0.25, 0.3) is 0 Å². The first-order chi connectivity index (χ1) is 8.45. The maximum Gasteiger partial charge on any atom is 0.141 e. The summed E-state index contributed by atoms with van der Waals surface area (Å²) in [4.78, 5) is 12.2. The number of hydrogen-bond donors (Lipinski definition) is 2. The zero-order chi connectivity index (χ0) is 13.3. The molecule has 0 aromatic rings. The average molecular weight is 252 g/mol. The van der Waals surface area contributed by atoms with Gasteiger partial charge < -0.3 is 10.2 Å². The van der Waals surface area contributed by atoms with E-state index in [2.05, 4.69) is 13.0 Å². The van der Waals surface area contributed by atoms with Crippen LogP contribution in [0.3, 0.4) is 0 Å². The van der Waals surface area contributed by atoms with Crippen LogP contribution in [0.15, 0.2) is 12.2 Å². The fraction of sp³-hybridized carbons (Fsp3) is 0.800. The molecule has 0 aromatic heterocycles. The normalized spacial score (nSPS) is 43.6. The van der Waals surface area contributed by atoms with Crippen molar-refractivity contribution >= 4 is 5.78 Å². The predicted octanol–water partition coefficient (Wildman–Crippen LogP) is 1.93. The van der Waals surface area contributed by atoms with Crippen molar-refractivity contribution in [2.45, 2.75) is 45.1 Å². The van der Waals surface area contributed by atoms with Crippen molar-refractivity contribution in [1.82, 2.24) is 0 Å². The van der Waals surface area contributed by atoms with Gasteiger partial charge in [-0.3, -0.25) is 4.79 Å². The molecule has 0 bridgehead atoms. The van der Waals surface area contributed by atoms with Crippen LogP contribution in [0.4, 0.5) is 0 Å². The first kappa shape index (κ1) is 13.8. The predicted molar refractivity (Wildman–Crippen MR) is 70.0 cm³/mol. The Morgan fingerprint density at radius 1 is 1.44 bits per heavy atom. The van der Waals surface area contributed by atoms with Gasteiger partial charge in [-0.15, -0.1) is 0 Å². The molecule has 0 aliphatic heterocycles. The molecular formula is C15H24O3. The second-order valence-corrected chi connectivity index (χ2v) is 6.25. The number of carbonyl (C=O) groups is 1. The van der Waals surface area contributed by atoms with E-state index in [4.69, 9.17) is 5.11 Å². The first-order valence-corrected chi connectivity index (χ1v) is 7.01. The van der Waals surface area contributed by atoms with E-state index >= 15 is 0 Å². The van der Waals surface area contributed by atoms with E-state index in [1.165, 1.54) is 0 Å². The molecule has 1 fully saturated rings. The van der Waals surface area contributed by atoms with Crippen LogP contribution in [0.2, 0.25) is 0 Å². The summed E-state index contributed by atoms with van der Waals surface area (Å²) in [5, 5.41) is 19.4. The van der Waals surface area contributed by atoms with Crippen molar-refractivity contribution in [3.05, 3.63) is 12.2 Å². The van der Waals surface area contributed by atoms with Crippen LogP contribution in [0.1, 0.15) is 39.5 Å². The molecule has 5 atom stereocenters. The molecule has 2 rings (SSSR count). The molecule has 0 spiro atoms. The van der Waals surface area contributed by atoms with E-state index in [1.54, 1.807) is 13.0 Å². The summed E-state index contributed by atoms with van der Waals surface area (Å²) >= 11 is 0. The number of carbonyl (C=O) groups excluding carboxylic acids is 1. The van der Waals surface area contributed by atoms with Gasteiger partial charge in [0.1, 0.15) is 5.78 Å². The highest BCUT2D eigenvalue weighted by Crippen LogP contribution is 2.46. The Morgan fingerprint density at radius 2 is 2.17 bits per heavy atom. The Bertz CT molecular complexity index is 346. The van der Waals surface area contributed by atoms with Crippen LogP contribution >= 0.6 is 0 Å². The average Bonchev–Trinajstić information content (AvgIpc) is 2.29. The highest BCUT2D eigenvalue weighted by Gasteiger charge is 2.47. The maximum atomic E-state index is 12.2. The molecule has 0 radical (unpaired) electrons. The van der Waals surface area contributed by atoms with Gasteiger partial charge in [-0.1, -0.05) is 25.5 Å². The van der Waals surface area contributed by atoms with Gasteiger partial charge in [-0.2, -0.15) is 0 Å². The van der Waals surface area contributed by atoms with Gasteiger partial charge in [0.05, 0.1) is 11.5 Å². The summed E-state index contributed by atoms with van der Waals surface area (Å²) in [5.41, 5.74) is -1.05. The Labute approximate surface area is 109 Å². The molecule has 102 valence electrons. The SMILES string of the molecule is C[C@H]1CC[C@@H]2[C@@H](C(=O)CCO)[C@](C)(O)C=C[C@H]2C1. The number of hydrogen-bond acceptors (Lipinski definition) is 3. The number of rotatable bonds is 3. The number of aliphatic hydroxyl groups excluding tert-OH is 1. The Morgan fingerprint density at radius 3 is 2.83 bits per heavy atom. The van der Waals surface area contributed by atoms with Gasteiger partial charge in [-0.25, -0.2) is 0 Å². The molecule has 1 saturated carbocycles. The standard InChI is InChI=1S/C15H24O3/c1-10-3-4-12-11(9-10)5-7-15(2,18)14(12)13(17)6-8-16/h5,7,10-12,14,16,18H,3-4,6,8-9H2,1-2H3/t10-,11-,12-,14-,15+/m0/s1. The lowest BCUT2D eigenvalue weighted by Gasteiger charge is -2.46. The summed E-state index contributed by atoms with van der Waals surface area (Å²) in [5.74, 6) is 1.04. The van der Waals surface area contributed by atoms with Crippen molar-refractivity contribution in [2.24, 2.45) is 23.7 Å². The summed E-state index contributed by atoms with van der Waals surface area (Å²) in [6.45, 7) is 3.85. The van der Waals surface area contributed by atoms with Crippen LogP contribution in [0, 0.1) is 23.7 Å². The second-order valence-electron chi connectivity index (χ2n) is 6.25. The van der Waals surface area contributed by atoms with Gasteiger partial charge >= 0.3 is 0 Å². The molecule has 0 aromatic carbocycles. The van der Waals surface area contributed by atoms with Gasteiger partial charge in [0.2, 0.25) is 0 Å². The minimum absolute atomic E-state index is 0.0106. The number of fused-ring (bicyclic) bond motifs is 1. The van der Waals surface area contributed by atoms with E-state index in [-0.39, 0.29) is 30.6 Å². The largest absolute Gasteiger partial charge is 0.396 e. The minimum atomic E-state index is -1.05. The third kappa shape index (κ3) is 2.52. The number of ketones is 1. The van der Waals surface area contributed by atoms with Gasteiger partial charge in [0, 0.05) is 13.0 Å². The molecule has 2 N–H and O–H groups in total. The molecule has 2 aliphatic rings. The summed E-state index contributed by atoms with van der Waals surface area (Å²) in [6.07, 6.45) is 7.31. The molecule has 2 aliphatic carbocycles. The molecule has 0 amide bonds. The van der Waals surface area contributed by atoms with Gasteiger partial charge in [-0.05, 0) is 37.5 Å². The van der Waals surface area contributed by atoms with Crippen LogP contribution in [-0.2, 0) is 4.79 Å². The van der Waals surface area contributed by atoms with Crippen molar-refractivity contribution in [3.63, 3.8) is 0 Å². The molecule has 0 unspecified atom stereocenters. The monoisotopic (exact) mass is 252 g/mol. The van der Waals surface area contributed by atoms with Crippen molar-refractivity contribution in [2.75, 3.05) is 6.61 Å².